The van der Waals surface area contributed by atoms with Gasteiger partial charge in [0.1, 0.15) is 11.8 Å². The van der Waals surface area contributed by atoms with E-state index in [0.29, 0.717) is 44.6 Å². The van der Waals surface area contributed by atoms with Crippen molar-refractivity contribution in [3.63, 3.8) is 0 Å². The second kappa shape index (κ2) is 10.8. The predicted octanol–water partition coefficient (Wildman–Crippen LogP) is 5.66. The average molecular weight is 551 g/mol. The van der Waals surface area contributed by atoms with Gasteiger partial charge in [-0.1, -0.05) is 23.4 Å². The molecule has 0 amide bonds. The van der Waals surface area contributed by atoms with Crippen LogP contribution in [0.1, 0.15) is 44.8 Å². The summed E-state index contributed by atoms with van der Waals surface area (Å²) in [5.41, 5.74) is 7.36. The molecule has 4 rings (SSSR count). The van der Waals surface area contributed by atoms with Crippen LogP contribution in [0.25, 0.3) is 10.9 Å². The number of hydrogen-bond acceptors (Lipinski definition) is 9. The number of aryl methyl sites for hydroxylation is 2. The van der Waals surface area contributed by atoms with E-state index >= 15 is 0 Å². The van der Waals surface area contributed by atoms with E-state index < -0.39 is 17.3 Å². The highest BCUT2D eigenvalue weighted by atomic mass is 19.4. The molecule has 0 saturated heterocycles. The predicted molar refractivity (Wildman–Crippen MR) is 139 cm³/mol. The van der Waals surface area contributed by atoms with Crippen LogP contribution in [0.2, 0.25) is 0 Å². The first-order valence-electron chi connectivity index (χ1n) is 12.0. The maximum absolute atomic E-state index is 13.0. The number of likely N-dealkylation sites (N-methyl/N-ethyl adjacent to an activating group) is 1. The summed E-state index contributed by atoms with van der Waals surface area (Å²) in [7, 11) is 2.96. The van der Waals surface area contributed by atoms with Gasteiger partial charge >= 0.3 is 6.18 Å². The van der Waals surface area contributed by atoms with Crippen molar-refractivity contribution in [1.82, 2.24) is 15.5 Å². The Morgan fingerprint density at radius 3 is 2.40 bits per heavy atom. The van der Waals surface area contributed by atoms with E-state index in [0.717, 1.165) is 18.3 Å². The standard InChI is InChI=1S/C28H25F3N6O3/c1-15-25(16(2)40-37-15)27(38,24(34-3)14-35-33)19-9-10-23-20(12-19)22(13-32)21(26(36-23)39-4)11-17-5-7-18(8-6-17)28(29,30)31/h5-10,12,14,33-34,38H,11H2,1-4H3/b24-14-,35-33?. The second-order valence-electron chi connectivity index (χ2n) is 9.02. The summed E-state index contributed by atoms with van der Waals surface area (Å²) >= 11 is 0. The maximum atomic E-state index is 13.0. The molecule has 9 nitrogen and oxygen atoms in total. The quantitative estimate of drug-likeness (QED) is 0.241. The van der Waals surface area contributed by atoms with Crippen molar-refractivity contribution in [3.8, 4) is 11.9 Å². The van der Waals surface area contributed by atoms with Crippen LogP contribution in [0.4, 0.5) is 13.2 Å². The zero-order valence-electron chi connectivity index (χ0n) is 22.0. The number of pyridine rings is 1. The van der Waals surface area contributed by atoms with Crippen LogP contribution >= 0.6 is 0 Å². The van der Waals surface area contributed by atoms with Gasteiger partial charge in [0.2, 0.25) is 5.88 Å². The average Bonchev–Trinajstić information content (AvgIpc) is 3.28. The van der Waals surface area contributed by atoms with Crippen LogP contribution in [-0.2, 0) is 18.2 Å². The van der Waals surface area contributed by atoms with E-state index in [1.807, 2.05) is 0 Å². The van der Waals surface area contributed by atoms with E-state index in [1.54, 1.807) is 39.1 Å². The molecule has 0 radical (unpaired) electrons. The number of aliphatic hydroxyl groups is 1. The molecule has 0 aliphatic carbocycles. The first kappa shape index (κ1) is 28.3. The number of nitriles is 1. The molecule has 2 aromatic carbocycles. The van der Waals surface area contributed by atoms with E-state index in [2.05, 4.69) is 26.6 Å². The highest BCUT2D eigenvalue weighted by Crippen LogP contribution is 2.41. The van der Waals surface area contributed by atoms with Crippen LogP contribution in [-0.4, -0.2) is 29.4 Å². The molecule has 0 bridgehead atoms. The Labute approximate surface area is 227 Å². The van der Waals surface area contributed by atoms with Crippen molar-refractivity contribution in [2.24, 2.45) is 5.11 Å². The molecule has 1 unspecified atom stereocenters. The monoisotopic (exact) mass is 550 g/mol. The Balaban J connectivity index is 1.95. The molecule has 2 aromatic heterocycles. The molecule has 206 valence electrons. The van der Waals surface area contributed by atoms with Crippen LogP contribution in [0.15, 0.2) is 64.0 Å². The fraction of sp³-hybridized carbons (Fsp3) is 0.250. The fourth-order valence-corrected chi connectivity index (χ4v) is 4.82. The summed E-state index contributed by atoms with van der Waals surface area (Å²) in [5, 5.41) is 33.0. The number of fused-ring (bicyclic) bond motifs is 1. The number of nitrogens with zero attached hydrogens (tertiary/aromatic N) is 4. The number of aromatic nitrogens is 2. The lowest BCUT2D eigenvalue weighted by molar-refractivity contribution is -0.137. The van der Waals surface area contributed by atoms with Crippen molar-refractivity contribution in [2.75, 3.05) is 14.2 Å². The number of rotatable bonds is 8. The molecule has 3 N–H and O–H groups in total. The third-order valence-electron chi connectivity index (χ3n) is 6.68. The molecule has 0 saturated carbocycles. The van der Waals surface area contributed by atoms with Gasteiger partial charge in [-0.3, -0.25) is 0 Å². The Bertz CT molecular complexity index is 1640. The molecule has 40 heavy (non-hydrogen) atoms. The highest BCUT2D eigenvalue weighted by Gasteiger charge is 2.41. The van der Waals surface area contributed by atoms with Crippen molar-refractivity contribution < 1.29 is 27.5 Å². The molecule has 0 spiro atoms. The van der Waals surface area contributed by atoms with E-state index in [-0.39, 0.29) is 23.6 Å². The number of ether oxygens (including phenoxy) is 1. The van der Waals surface area contributed by atoms with Crippen LogP contribution in [0.3, 0.4) is 0 Å². The third-order valence-corrected chi connectivity index (χ3v) is 6.68. The Hall–Kier alpha value is -4.76. The summed E-state index contributed by atoms with van der Waals surface area (Å²) in [6.07, 6.45) is -3.24. The lowest BCUT2D eigenvalue weighted by atomic mass is 9.81. The molecule has 0 aliphatic rings. The summed E-state index contributed by atoms with van der Waals surface area (Å²) in [6, 6.07) is 11.7. The minimum Gasteiger partial charge on any atom is -0.481 e. The van der Waals surface area contributed by atoms with Crippen molar-refractivity contribution in [2.45, 2.75) is 32.0 Å². The van der Waals surface area contributed by atoms with Crippen molar-refractivity contribution in [1.29, 1.82) is 10.8 Å². The summed E-state index contributed by atoms with van der Waals surface area (Å²) in [4.78, 5) is 4.53. The zero-order chi connectivity index (χ0) is 29.2. The van der Waals surface area contributed by atoms with Crippen molar-refractivity contribution in [3.05, 3.63) is 99.2 Å². The van der Waals surface area contributed by atoms with Gasteiger partial charge in [-0.25, -0.2) is 10.5 Å². The van der Waals surface area contributed by atoms with E-state index in [1.165, 1.54) is 19.2 Å². The van der Waals surface area contributed by atoms with Gasteiger partial charge in [0.15, 0.2) is 5.60 Å². The van der Waals surface area contributed by atoms with E-state index in [4.69, 9.17) is 14.8 Å². The lowest BCUT2D eigenvalue weighted by Gasteiger charge is -2.31. The minimum atomic E-state index is -4.47. The van der Waals surface area contributed by atoms with Gasteiger partial charge in [0.25, 0.3) is 0 Å². The van der Waals surface area contributed by atoms with Crippen LogP contribution in [0, 0.1) is 30.7 Å². The lowest BCUT2D eigenvalue weighted by Crippen LogP contribution is -2.36. The molecular weight excluding hydrogens is 525 g/mol. The number of hydrogen-bond donors (Lipinski definition) is 3. The molecule has 12 heteroatoms. The SMILES string of the molecule is CN/C(=C\N=N)C(O)(c1ccc2nc(OC)c(Cc3ccc(C(F)(F)F)cc3)c(C#N)c2c1)c1c(C)noc1C. The number of nitrogens with one attached hydrogen (secondary N) is 2. The Morgan fingerprint density at radius 1 is 1.20 bits per heavy atom. The van der Waals surface area contributed by atoms with Crippen LogP contribution < -0.4 is 10.1 Å². The normalized spacial score (nSPS) is 13.5. The first-order chi connectivity index (χ1) is 19.0. The van der Waals surface area contributed by atoms with Gasteiger partial charge in [-0.2, -0.15) is 23.5 Å². The zero-order valence-corrected chi connectivity index (χ0v) is 22.0. The third kappa shape index (κ3) is 4.87. The highest BCUT2D eigenvalue weighted by molar-refractivity contribution is 5.88. The second-order valence-corrected chi connectivity index (χ2v) is 9.02. The molecule has 0 aliphatic heterocycles. The molecule has 1 atom stereocenters. The topological polar surface area (TPSA) is 140 Å². The first-order valence-corrected chi connectivity index (χ1v) is 12.0. The van der Waals surface area contributed by atoms with Gasteiger partial charge in [0.05, 0.1) is 46.9 Å². The minimum absolute atomic E-state index is 0.0743. The molecular formula is C28H25F3N6O3. The van der Waals surface area contributed by atoms with Gasteiger partial charge < -0.3 is 19.7 Å². The smallest absolute Gasteiger partial charge is 0.416 e. The maximum Gasteiger partial charge on any atom is 0.416 e. The Kier molecular flexibility index (Phi) is 7.61. The summed E-state index contributed by atoms with van der Waals surface area (Å²) < 4.78 is 49.9. The van der Waals surface area contributed by atoms with Crippen LogP contribution in [0.5, 0.6) is 5.88 Å². The molecule has 0 fully saturated rings. The van der Waals surface area contributed by atoms with Crippen molar-refractivity contribution >= 4 is 10.9 Å². The van der Waals surface area contributed by atoms with Gasteiger partial charge in [-0.15, -0.1) is 0 Å². The molecule has 2 heterocycles. The molecule has 4 aromatic rings. The van der Waals surface area contributed by atoms with E-state index in [9.17, 15) is 23.5 Å². The number of methoxy groups -OCH3 is 1. The number of alkyl halides is 3. The van der Waals surface area contributed by atoms with Gasteiger partial charge in [-0.05, 0) is 49.2 Å². The number of halogens is 3. The summed E-state index contributed by atoms with van der Waals surface area (Å²) in [5.74, 6) is 0.490. The fourth-order valence-electron chi connectivity index (χ4n) is 4.82. The van der Waals surface area contributed by atoms with Gasteiger partial charge in [0, 0.05) is 24.4 Å². The summed E-state index contributed by atoms with van der Waals surface area (Å²) in [6.45, 7) is 3.31. The number of benzene rings is 2. The Morgan fingerprint density at radius 2 is 1.88 bits per heavy atom. The largest absolute Gasteiger partial charge is 0.481 e.